The molecule has 2 amide bonds. The van der Waals surface area contributed by atoms with Gasteiger partial charge in [0.15, 0.2) is 0 Å². The zero-order chi connectivity index (χ0) is 16.8. The number of nitrogens with one attached hydrogen (secondary N) is 1. The number of rotatable bonds is 4. The highest BCUT2D eigenvalue weighted by atomic mass is 16.3. The van der Waals surface area contributed by atoms with Crippen molar-refractivity contribution in [1.82, 2.24) is 20.1 Å². The summed E-state index contributed by atoms with van der Waals surface area (Å²) in [7, 11) is 0. The van der Waals surface area contributed by atoms with Gasteiger partial charge in [-0.3, -0.25) is 4.98 Å². The fourth-order valence-corrected chi connectivity index (χ4v) is 3.54. The maximum atomic E-state index is 12.3. The van der Waals surface area contributed by atoms with E-state index < -0.39 is 0 Å². The smallest absolute Gasteiger partial charge is 0.317 e. The second-order valence-electron chi connectivity index (χ2n) is 6.91. The largest absolute Gasteiger partial charge is 0.391 e. The molecular weight excluding hydrogens is 304 g/mol. The lowest BCUT2D eigenvalue weighted by molar-refractivity contribution is 0.0818. The number of piperidine rings is 2. The van der Waals surface area contributed by atoms with Gasteiger partial charge in [0.25, 0.3) is 0 Å². The van der Waals surface area contributed by atoms with Crippen LogP contribution in [0.3, 0.4) is 0 Å². The summed E-state index contributed by atoms with van der Waals surface area (Å²) in [5.74, 6) is 0. The molecule has 0 spiro atoms. The molecule has 2 N–H and O–H groups in total. The van der Waals surface area contributed by atoms with Gasteiger partial charge in [-0.05, 0) is 49.8 Å². The second-order valence-corrected chi connectivity index (χ2v) is 6.91. The maximum Gasteiger partial charge on any atom is 0.317 e. The Morgan fingerprint density at radius 1 is 1.21 bits per heavy atom. The van der Waals surface area contributed by atoms with Crippen LogP contribution in [0.2, 0.25) is 0 Å². The minimum absolute atomic E-state index is 0.0102. The van der Waals surface area contributed by atoms with Crippen molar-refractivity contribution in [2.45, 2.75) is 44.2 Å². The molecule has 2 aliphatic heterocycles. The molecule has 3 heterocycles. The summed E-state index contributed by atoms with van der Waals surface area (Å²) in [5, 5.41) is 12.8. The summed E-state index contributed by atoms with van der Waals surface area (Å²) in [6.07, 6.45) is 8.06. The summed E-state index contributed by atoms with van der Waals surface area (Å²) >= 11 is 0. The van der Waals surface area contributed by atoms with E-state index in [4.69, 9.17) is 0 Å². The van der Waals surface area contributed by atoms with Crippen LogP contribution in [0.15, 0.2) is 24.5 Å². The highest BCUT2D eigenvalue weighted by molar-refractivity contribution is 5.74. The molecule has 1 aromatic heterocycles. The number of β-amino-alcohol motifs (C(OH)–C–C–N with tert-alkyl or cyclic N) is 1. The third kappa shape index (κ3) is 4.92. The molecule has 1 unspecified atom stereocenters. The number of hydrogen-bond donors (Lipinski definition) is 2. The van der Waals surface area contributed by atoms with Crippen LogP contribution in [-0.2, 0) is 6.42 Å². The first-order valence-corrected chi connectivity index (χ1v) is 9.05. The summed E-state index contributed by atoms with van der Waals surface area (Å²) in [6, 6.07) is 4.39. The Morgan fingerprint density at radius 2 is 1.96 bits per heavy atom. The van der Waals surface area contributed by atoms with Gasteiger partial charge in [0, 0.05) is 51.2 Å². The van der Waals surface area contributed by atoms with Gasteiger partial charge >= 0.3 is 6.03 Å². The fourth-order valence-electron chi connectivity index (χ4n) is 3.54. The molecule has 6 nitrogen and oxygen atoms in total. The third-order valence-corrected chi connectivity index (χ3v) is 5.06. The number of urea groups is 1. The van der Waals surface area contributed by atoms with Crippen LogP contribution in [0.25, 0.3) is 0 Å². The van der Waals surface area contributed by atoms with E-state index in [9.17, 15) is 9.90 Å². The van der Waals surface area contributed by atoms with E-state index in [0.717, 1.165) is 58.3 Å². The van der Waals surface area contributed by atoms with E-state index in [1.807, 2.05) is 12.4 Å². The first-order chi connectivity index (χ1) is 11.7. The highest BCUT2D eigenvalue weighted by Gasteiger charge is 2.25. The number of aliphatic hydroxyl groups is 1. The Morgan fingerprint density at radius 3 is 2.67 bits per heavy atom. The number of carbonyl (C=O) groups is 1. The van der Waals surface area contributed by atoms with Gasteiger partial charge in [-0.2, -0.15) is 0 Å². The normalized spacial score (nSPS) is 23.2. The van der Waals surface area contributed by atoms with Crippen LogP contribution in [0.1, 0.15) is 31.2 Å². The number of amides is 2. The summed E-state index contributed by atoms with van der Waals surface area (Å²) in [6.45, 7) is 4.34. The van der Waals surface area contributed by atoms with E-state index >= 15 is 0 Å². The number of hydrogen-bond acceptors (Lipinski definition) is 4. The first-order valence-electron chi connectivity index (χ1n) is 9.05. The van der Waals surface area contributed by atoms with Gasteiger partial charge in [0.2, 0.25) is 0 Å². The Kier molecular flexibility index (Phi) is 6.04. The molecule has 2 saturated heterocycles. The Labute approximate surface area is 143 Å². The van der Waals surface area contributed by atoms with Crippen molar-refractivity contribution in [2.24, 2.45) is 0 Å². The number of likely N-dealkylation sites (tertiary alicyclic amines) is 2. The monoisotopic (exact) mass is 332 g/mol. The number of carbonyl (C=O) groups excluding carboxylic acids is 1. The topological polar surface area (TPSA) is 68.7 Å². The van der Waals surface area contributed by atoms with Crippen molar-refractivity contribution in [3.05, 3.63) is 30.1 Å². The minimum Gasteiger partial charge on any atom is -0.391 e. The van der Waals surface area contributed by atoms with E-state index in [2.05, 4.69) is 27.3 Å². The van der Waals surface area contributed by atoms with Crippen molar-refractivity contribution >= 4 is 6.03 Å². The summed E-state index contributed by atoms with van der Waals surface area (Å²) < 4.78 is 0. The number of aromatic nitrogens is 1. The van der Waals surface area contributed by atoms with Crippen molar-refractivity contribution in [3.63, 3.8) is 0 Å². The molecule has 2 aliphatic rings. The van der Waals surface area contributed by atoms with Gasteiger partial charge in [-0.1, -0.05) is 0 Å². The number of pyridine rings is 1. The average molecular weight is 332 g/mol. The van der Waals surface area contributed by atoms with Crippen molar-refractivity contribution in [1.29, 1.82) is 0 Å². The zero-order valence-electron chi connectivity index (χ0n) is 14.2. The van der Waals surface area contributed by atoms with Gasteiger partial charge in [-0.25, -0.2) is 4.79 Å². The van der Waals surface area contributed by atoms with E-state index in [-0.39, 0.29) is 18.2 Å². The molecule has 2 fully saturated rings. The average Bonchev–Trinajstić information content (AvgIpc) is 2.62. The third-order valence-electron chi connectivity index (χ3n) is 5.06. The van der Waals surface area contributed by atoms with E-state index in [1.54, 1.807) is 4.90 Å². The lowest BCUT2D eigenvalue weighted by atomic mass is 10.0. The van der Waals surface area contributed by atoms with Crippen LogP contribution in [-0.4, -0.2) is 70.8 Å². The molecule has 0 radical (unpaired) electrons. The molecule has 24 heavy (non-hydrogen) atoms. The van der Waals surface area contributed by atoms with Crippen molar-refractivity contribution < 1.29 is 9.90 Å². The first kappa shape index (κ1) is 17.2. The standard InChI is InChI=1S/C18H28N4O2/c23-17-2-1-10-22(14-17)18(24)20-16-6-12-21(13-7-16)11-5-15-3-8-19-9-4-15/h3-4,8-9,16-17,23H,1-2,5-7,10-14H2,(H,20,24). The summed E-state index contributed by atoms with van der Waals surface area (Å²) in [5.41, 5.74) is 1.32. The van der Waals surface area contributed by atoms with Gasteiger partial charge in [0.1, 0.15) is 0 Å². The molecular formula is C18H28N4O2. The highest BCUT2D eigenvalue weighted by Crippen LogP contribution is 2.14. The molecule has 0 aliphatic carbocycles. The number of aliphatic hydroxyl groups excluding tert-OH is 1. The lowest BCUT2D eigenvalue weighted by Gasteiger charge is -2.35. The predicted molar refractivity (Wildman–Crippen MR) is 92.7 cm³/mol. The van der Waals surface area contributed by atoms with E-state index in [1.165, 1.54) is 5.56 Å². The van der Waals surface area contributed by atoms with E-state index in [0.29, 0.717) is 6.54 Å². The fraction of sp³-hybridized carbons (Fsp3) is 0.667. The SMILES string of the molecule is O=C(NC1CCN(CCc2ccncc2)CC1)N1CCCC(O)C1. The van der Waals surface area contributed by atoms with Crippen LogP contribution >= 0.6 is 0 Å². The second kappa shape index (κ2) is 8.44. The van der Waals surface area contributed by atoms with Crippen LogP contribution in [0.4, 0.5) is 4.79 Å². The Balaban J connectivity index is 1.36. The van der Waals surface area contributed by atoms with Crippen LogP contribution in [0, 0.1) is 0 Å². The van der Waals surface area contributed by atoms with Crippen LogP contribution < -0.4 is 5.32 Å². The maximum absolute atomic E-state index is 12.3. The molecule has 0 bridgehead atoms. The Hall–Kier alpha value is -1.66. The lowest BCUT2D eigenvalue weighted by Crippen LogP contribution is -2.52. The zero-order valence-corrected chi connectivity index (χ0v) is 14.2. The van der Waals surface area contributed by atoms with Crippen molar-refractivity contribution in [3.8, 4) is 0 Å². The molecule has 0 saturated carbocycles. The van der Waals surface area contributed by atoms with Crippen LogP contribution in [0.5, 0.6) is 0 Å². The molecule has 0 aromatic carbocycles. The van der Waals surface area contributed by atoms with Gasteiger partial charge in [0.05, 0.1) is 6.10 Å². The number of nitrogens with zero attached hydrogens (tertiary/aromatic N) is 3. The van der Waals surface area contributed by atoms with Gasteiger partial charge < -0.3 is 20.2 Å². The minimum atomic E-state index is -0.362. The Bertz CT molecular complexity index is 517. The molecule has 6 heteroatoms. The van der Waals surface area contributed by atoms with Gasteiger partial charge in [-0.15, -0.1) is 0 Å². The molecule has 3 rings (SSSR count). The molecule has 1 aromatic rings. The quantitative estimate of drug-likeness (QED) is 0.871. The predicted octanol–water partition coefficient (Wildman–Crippen LogP) is 1.25. The molecule has 1 atom stereocenters. The summed E-state index contributed by atoms with van der Waals surface area (Å²) in [4.78, 5) is 20.6. The molecule has 132 valence electrons. The van der Waals surface area contributed by atoms with Crippen molar-refractivity contribution in [2.75, 3.05) is 32.7 Å².